The fourth-order valence-corrected chi connectivity index (χ4v) is 2.85. The normalized spacial score (nSPS) is 20.4. The number of nitrogens with one attached hydrogen (secondary N) is 1. The third-order valence-corrected chi connectivity index (χ3v) is 3.83. The molecule has 1 unspecified atom stereocenters. The van der Waals surface area contributed by atoms with Gasteiger partial charge in [-0.3, -0.25) is 4.57 Å². The molecule has 0 aliphatic carbocycles. The number of fused-ring (bicyclic) bond motifs is 1. The van der Waals surface area contributed by atoms with Crippen LogP contribution >= 0.6 is 0 Å². The lowest BCUT2D eigenvalue weighted by Crippen LogP contribution is -2.36. The second-order valence-electron chi connectivity index (χ2n) is 6.94. The number of benzene rings is 1. The van der Waals surface area contributed by atoms with Gasteiger partial charge in [-0.2, -0.15) is 0 Å². The predicted octanol–water partition coefficient (Wildman–Crippen LogP) is 2.82. The molecule has 1 N–H and O–H groups in total. The van der Waals surface area contributed by atoms with E-state index < -0.39 is 17.4 Å². The van der Waals surface area contributed by atoms with E-state index in [-0.39, 0.29) is 23.6 Å². The molecule has 0 saturated carbocycles. The van der Waals surface area contributed by atoms with E-state index in [0.29, 0.717) is 35.6 Å². The van der Waals surface area contributed by atoms with Gasteiger partial charge in [0.2, 0.25) is 0 Å². The SMILES string of the molecule is [2H]c1c(C)cc2c(c1[2H])n([2H])c(=O)n2C1CCN(C(=O)OC(C)(C)C)C1. The number of likely N-dealkylation sites (tertiary alicyclic amines) is 1. The largest absolute Gasteiger partial charge is 0.444 e. The minimum Gasteiger partial charge on any atom is -0.444 e. The minimum absolute atomic E-state index is 0.0115. The van der Waals surface area contributed by atoms with Crippen molar-refractivity contribution < 1.29 is 13.7 Å². The van der Waals surface area contributed by atoms with Gasteiger partial charge >= 0.3 is 11.8 Å². The number of ether oxygens (including phenoxy) is 1. The first-order valence-electron chi connectivity index (χ1n) is 9.17. The predicted molar refractivity (Wildman–Crippen MR) is 88.8 cm³/mol. The molecule has 0 radical (unpaired) electrons. The van der Waals surface area contributed by atoms with E-state index in [9.17, 15) is 9.59 Å². The molecule has 124 valence electrons. The lowest BCUT2D eigenvalue weighted by molar-refractivity contribution is 0.0289. The first kappa shape index (κ1) is 12.2. The Kier molecular flexibility index (Phi) is 2.89. The summed E-state index contributed by atoms with van der Waals surface area (Å²) in [7, 11) is 0. The van der Waals surface area contributed by atoms with Crippen LogP contribution in [0.1, 0.15) is 41.5 Å². The van der Waals surface area contributed by atoms with Gasteiger partial charge in [0, 0.05) is 13.1 Å². The Balaban J connectivity index is 1.99. The second kappa shape index (κ2) is 5.44. The average Bonchev–Trinajstić information content (AvgIpc) is 3.08. The van der Waals surface area contributed by atoms with Crippen molar-refractivity contribution in [2.24, 2.45) is 0 Å². The smallest absolute Gasteiger partial charge is 0.410 e. The van der Waals surface area contributed by atoms with Crippen LogP contribution in [0.2, 0.25) is 1.41 Å². The van der Waals surface area contributed by atoms with Crippen LogP contribution < -0.4 is 5.69 Å². The molecule has 0 bridgehead atoms. The summed E-state index contributed by atoms with van der Waals surface area (Å²) in [6, 6.07) is 1.25. The van der Waals surface area contributed by atoms with Crippen LogP contribution in [0.25, 0.3) is 11.0 Å². The number of rotatable bonds is 1. The van der Waals surface area contributed by atoms with E-state index in [1.54, 1.807) is 38.7 Å². The molecule has 2 heterocycles. The van der Waals surface area contributed by atoms with E-state index in [4.69, 9.17) is 8.89 Å². The molecule has 1 aliphatic rings. The summed E-state index contributed by atoms with van der Waals surface area (Å²) in [5.41, 5.74) is 0.00423. The van der Waals surface area contributed by atoms with E-state index in [1.807, 2.05) is 0 Å². The zero-order chi connectivity index (χ0) is 19.4. The number of carbonyl (C=O) groups is 1. The fraction of sp³-hybridized carbons (Fsp3) is 0.529. The van der Waals surface area contributed by atoms with Crippen LogP contribution in [-0.2, 0) is 4.74 Å². The maximum Gasteiger partial charge on any atom is 0.410 e. The van der Waals surface area contributed by atoms with Crippen LogP contribution in [0.4, 0.5) is 4.79 Å². The summed E-state index contributed by atoms with van der Waals surface area (Å²) >= 11 is 0. The maximum absolute atomic E-state index is 12.6. The number of nitrogens with zero attached hydrogens (tertiary/aromatic N) is 2. The Bertz CT molecular complexity index is 943. The van der Waals surface area contributed by atoms with Crippen molar-refractivity contribution in [2.45, 2.75) is 45.8 Å². The van der Waals surface area contributed by atoms with Gasteiger partial charge in [0.1, 0.15) is 5.60 Å². The number of aromatic amines is 1. The molecule has 1 aromatic carbocycles. The standard InChI is InChI=1S/C17H23N3O3/c1-11-5-6-13-14(9-11)20(15(21)18-13)12-7-8-19(10-12)16(22)23-17(2,3)4/h5-6,9,12H,7-8,10H2,1-4H3,(H,18,21)/i5D,6D/hD. The summed E-state index contributed by atoms with van der Waals surface area (Å²) in [5, 5.41) is 0. The topological polar surface area (TPSA) is 67.3 Å². The lowest BCUT2D eigenvalue weighted by Gasteiger charge is -2.24. The van der Waals surface area contributed by atoms with E-state index >= 15 is 0 Å². The molecular weight excluding hydrogens is 294 g/mol. The molecule has 6 nitrogen and oxygen atoms in total. The number of amides is 1. The molecule has 1 amide bonds. The van der Waals surface area contributed by atoms with E-state index in [0.717, 1.165) is 0 Å². The zero-order valence-electron chi connectivity index (χ0n) is 16.8. The average molecular weight is 320 g/mol. The van der Waals surface area contributed by atoms with Crippen LogP contribution in [0.3, 0.4) is 0 Å². The van der Waals surface area contributed by atoms with Crippen LogP contribution in [0.5, 0.6) is 0 Å². The van der Waals surface area contributed by atoms with Crippen molar-refractivity contribution in [3.05, 3.63) is 34.2 Å². The number of hydrogen-bond acceptors (Lipinski definition) is 3. The number of aromatic nitrogens is 2. The van der Waals surface area contributed by atoms with Crippen molar-refractivity contribution in [1.82, 2.24) is 14.4 Å². The molecule has 1 aromatic heterocycles. The van der Waals surface area contributed by atoms with Crippen molar-refractivity contribution >= 4 is 17.1 Å². The maximum atomic E-state index is 12.6. The fourth-order valence-electron chi connectivity index (χ4n) is 2.85. The molecule has 2 aromatic rings. The van der Waals surface area contributed by atoms with Crippen LogP contribution in [-0.4, -0.2) is 39.2 Å². The summed E-state index contributed by atoms with van der Waals surface area (Å²) in [4.78, 5) is 27.1. The Morgan fingerprint density at radius 2 is 2.22 bits per heavy atom. The number of imidazole rings is 1. The number of H-pyrrole nitrogens is 1. The van der Waals surface area contributed by atoms with Crippen LogP contribution in [0, 0.1) is 6.92 Å². The Labute approximate surface area is 139 Å². The van der Waals surface area contributed by atoms with Crippen molar-refractivity contribution in [3.63, 3.8) is 0 Å². The number of carbonyl (C=O) groups excluding carboxylic acids is 1. The summed E-state index contributed by atoms with van der Waals surface area (Å²) in [6.45, 7) is 7.87. The number of hydrogen-bond donors (Lipinski definition) is 1. The molecule has 0 spiro atoms. The Morgan fingerprint density at radius 3 is 2.91 bits per heavy atom. The van der Waals surface area contributed by atoms with Gasteiger partial charge in [-0.05, 0) is 51.8 Å². The first-order chi connectivity index (χ1) is 12.0. The molecule has 1 atom stereocenters. The summed E-state index contributed by atoms with van der Waals surface area (Å²) < 4.78 is 30.9. The van der Waals surface area contributed by atoms with Gasteiger partial charge in [-0.1, -0.05) is 6.04 Å². The van der Waals surface area contributed by atoms with Gasteiger partial charge in [0.05, 0.1) is 19.8 Å². The Hall–Kier alpha value is -2.24. The molecule has 1 saturated heterocycles. The van der Waals surface area contributed by atoms with Crippen LogP contribution in [0.15, 0.2) is 22.9 Å². The highest BCUT2D eigenvalue weighted by Gasteiger charge is 2.32. The van der Waals surface area contributed by atoms with Crippen molar-refractivity contribution in [2.75, 3.05) is 13.1 Å². The monoisotopic (exact) mass is 320 g/mol. The highest BCUT2D eigenvalue weighted by molar-refractivity contribution is 5.76. The van der Waals surface area contributed by atoms with Crippen molar-refractivity contribution in [3.8, 4) is 0 Å². The quantitative estimate of drug-likeness (QED) is 0.878. The lowest BCUT2D eigenvalue weighted by atomic mass is 10.2. The first-order valence-corrected chi connectivity index (χ1v) is 7.72. The van der Waals surface area contributed by atoms with E-state index in [1.165, 1.54) is 4.57 Å². The second-order valence-corrected chi connectivity index (χ2v) is 6.94. The minimum atomic E-state index is -0.592. The van der Waals surface area contributed by atoms with Gasteiger partial charge in [0.25, 0.3) is 0 Å². The molecule has 23 heavy (non-hydrogen) atoms. The molecule has 1 aliphatic heterocycles. The van der Waals surface area contributed by atoms with Gasteiger partial charge in [-0.25, -0.2) is 9.59 Å². The highest BCUT2D eigenvalue weighted by atomic mass is 16.6. The zero-order valence-corrected chi connectivity index (χ0v) is 13.8. The third kappa shape index (κ3) is 3.11. The summed E-state index contributed by atoms with van der Waals surface area (Å²) in [6.07, 6.45) is 0.140. The summed E-state index contributed by atoms with van der Waals surface area (Å²) in [5.74, 6) is 0. The van der Waals surface area contributed by atoms with Gasteiger partial charge in [-0.15, -0.1) is 0 Å². The number of aryl methyl sites for hydroxylation is 1. The molecule has 1 fully saturated rings. The molecule has 3 rings (SSSR count). The van der Waals surface area contributed by atoms with Crippen molar-refractivity contribution in [1.29, 1.82) is 0 Å². The van der Waals surface area contributed by atoms with Gasteiger partial charge < -0.3 is 14.6 Å². The van der Waals surface area contributed by atoms with E-state index in [2.05, 4.69) is 0 Å². The molecule has 6 heteroatoms. The Morgan fingerprint density at radius 1 is 1.48 bits per heavy atom. The highest BCUT2D eigenvalue weighted by Crippen LogP contribution is 2.25. The molecular formula is C17H23N3O3. The third-order valence-electron chi connectivity index (χ3n) is 3.83. The van der Waals surface area contributed by atoms with Gasteiger partial charge in [0.15, 0.2) is 1.41 Å².